The van der Waals surface area contributed by atoms with Gasteiger partial charge >= 0.3 is 12.0 Å². The number of benzene rings is 1. The molecule has 0 aromatic heterocycles. The van der Waals surface area contributed by atoms with Gasteiger partial charge in [0.15, 0.2) is 0 Å². The van der Waals surface area contributed by atoms with Gasteiger partial charge in [0.25, 0.3) is 0 Å². The van der Waals surface area contributed by atoms with E-state index in [2.05, 4.69) is 5.32 Å². The average molecular weight is 277 g/mol. The first-order valence-electron chi connectivity index (χ1n) is 5.84. The summed E-state index contributed by atoms with van der Waals surface area (Å²) in [5.41, 5.74) is 0.0303. The summed E-state index contributed by atoms with van der Waals surface area (Å²) in [6, 6.07) is 4.82. The summed E-state index contributed by atoms with van der Waals surface area (Å²) < 4.78 is 0. The Bertz CT molecular complexity index is 565. The van der Waals surface area contributed by atoms with E-state index < -0.39 is 12.0 Å². The van der Waals surface area contributed by atoms with Crippen LogP contribution in [0.4, 0.5) is 10.5 Å². The molecule has 0 spiro atoms. The van der Waals surface area contributed by atoms with Crippen molar-refractivity contribution in [3.63, 3.8) is 0 Å². The lowest BCUT2D eigenvalue weighted by atomic mass is 10.2. The van der Waals surface area contributed by atoms with Crippen LogP contribution in [0, 0.1) is 11.3 Å². The zero-order valence-electron chi connectivity index (χ0n) is 11.1. The topological polar surface area (TPSA) is 114 Å². The molecule has 1 unspecified atom stereocenters. The maximum absolute atomic E-state index is 11.9. The number of nitriles is 1. The van der Waals surface area contributed by atoms with Gasteiger partial charge in [0.2, 0.25) is 0 Å². The molecule has 1 rings (SSSR count). The van der Waals surface area contributed by atoms with Gasteiger partial charge in [0.1, 0.15) is 5.75 Å². The highest BCUT2D eigenvalue weighted by molar-refractivity contribution is 5.93. The van der Waals surface area contributed by atoms with Crippen LogP contribution in [-0.2, 0) is 0 Å². The number of urea groups is 1. The van der Waals surface area contributed by atoms with Crippen LogP contribution >= 0.6 is 0 Å². The summed E-state index contributed by atoms with van der Waals surface area (Å²) in [4.78, 5) is 23.9. The summed E-state index contributed by atoms with van der Waals surface area (Å²) in [6.07, 6.45) is 0.188. The maximum atomic E-state index is 11.9. The Kier molecular flexibility index (Phi) is 4.92. The number of hydrogen-bond donors (Lipinski definition) is 3. The Balaban J connectivity index is 2.81. The summed E-state index contributed by atoms with van der Waals surface area (Å²) in [5, 5.41) is 29.5. The highest BCUT2D eigenvalue weighted by atomic mass is 16.4. The Labute approximate surface area is 116 Å². The SMILES string of the molecule is CC(CC#N)N(C)C(=O)Nc1ccc(C(=O)O)cc1O. The quantitative estimate of drug-likeness (QED) is 0.727. The normalized spacial score (nSPS) is 11.2. The maximum Gasteiger partial charge on any atom is 0.335 e. The van der Waals surface area contributed by atoms with Crippen LogP contribution in [0.15, 0.2) is 18.2 Å². The number of carboxylic acids is 1. The molecule has 0 fully saturated rings. The number of anilines is 1. The van der Waals surface area contributed by atoms with Crippen molar-refractivity contribution in [3.8, 4) is 11.8 Å². The molecule has 0 aliphatic heterocycles. The van der Waals surface area contributed by atoms with Crippen LogP contribution in [0.2, 0.25) is 0 Å². The first-order chi connectivity index (χ1) is 9.36. The Morgan fingerprint density at radius 2 is 2.15 bits per heavy atom. The number of carbonyl (C=O) groups is 2. The molecule has 7 heteroatoms. The van der Waals surface area contributed by atoms with Gasteiger partial charge in [-0.05, 0) is 25.1 Å². The smallest absolute Gasteiger partial charge is 0.335 e. The Morgan fingerprint density at radius 3 is 2.65 bits per heavy atom. The standard InChI is InChI=1S/C13H15N3O4/c1-8(5-6-14)16(2)13(20)15-10-4-3-9(12(18)19)7-11(10)17/h3-4,7-8,17H,5H2,1-2H3,(H,15,20)(H,18,19). The van der Waals surface area contributed by atoms with Gasteiger partial charge in [-0.15, -0.1) is 0 Å². The number of carbonyl (C=O) groups excluding carboxylic acids is 1. The van der Waals surface area contributed by atoms with Gasteiger partial charge in [0.05, 0.1) is 23.7 Å². The largest absolute Gasteiger partial charge is 0.506 e. The van der Waals surface area contributed by atoms with Crippen LogP contribution in [-0.4, -0.2) is 40.2 Å². The predicted octanol–water partition coefficient (Wildman–Crippen LogP) is 1.86. The van der Waals surface area contributed by atoms with Crippen LogP contribution in [0.1, 0.15) is 23.7 Å². The van der Waals surface area contributed by atoms with Crippen molar-refractivity contribution in [2.75, 3.05) is 12.4 Å². The molecule has 0 saturated carbocycles. The van der Waals surface area contributed by atoms with E-state index in [-0.39, 0.29) is 29.5 Å². The molecule has 0 saturated heterocycles. The third kappa shape index (κ3) is 3.62. The van der Waals surface area contributed by atoms with Crippen molar-refractivity contribution in [2.45, 2.75) is 19.4 Å². The number of hydrogen-bond acceptors (Lipinski definition) is 4. The van der Waals surface area contributed by atoms with Crippen molar-refractivity contribution in [2.24, 2.45) is 0 Å². The van der Waals surface area contributed by atoms with Crippen molar-refractivity contribution in [1.82, 2.24) is 4.90 Å². The summed E-state index contributed by atoms with van der Waals surface area (Å²) in [5.74, 6) is -1.50. The van der Waals surface area contributed by atoms with E-state index in [0.717, 1.165) is 6.07 Å². The Hall–Kier alpha value is -2.75. The molecule has 1 atom stereocenters. The second-order valence-corrected chi connectivity index (χ2v) is 4.29. The molecular formula is C13H15N3O4. The number of aromatic carboxylic acids is 1. The van der Waals surface area contributed by atoms with E-state index in [1.807, 2.05) is 6.07 Å². The lowest BCUT2D eigenvalue weighted by molar-refractivity contribution is 0.0696. The lowest BCUT2D eigenvalue weighted by Gasteiger charge is -2.23. The number of carboxylic acid groups (broad SMARTS) is 1. The van der Waals surface area contributed by atoms with Crippen molar-refractivity contribution >= 4 is 17.7 Å². The predicted molar refractivity (Wildman–Crippen MR) is 71.5 cm³/mol. The van der Waals surface area contributed by atoms with Gasteiger partial charge < -0.3 is 20.4 Å². The second kappa shape index (κ2) is 6.43. The van der Waals surface area contributed by atoms with E-state index in [0.29, 0.717) is 0 Å². The van der Waals surface area contributed by atoms with Crippen molar-refractivity contribution in [3.05, 3.63) is 23.8 Å². The molecule has 3 N–H and O–H groups in total. The monoisotopic (exact) mass is 277 g/mol. The number of nitrogens with zero attached hydrogens (tertiary/aromatic N) is 2. The molecule has 0 aliphatic rings. The average Bonchev–Trinajstić information content (AvgIpc) is 2.40. The minimum absolute atomic E-state index is 0.0771. The van der Waals surface area contributed by atoms with Crippen molar-refractivity contribution < 1.29 is 19.8 Å². The third-order valence-electron chi connectivity index (χ3n) is 2.85. The first-order valence-corrected chi connectivity index (χ1v) is 5.84. The van der Waals surface area contributed by atoms with E-state index >= 15 is 0 Å². The fourth-order valence-electron chi connectivity index (χ4n) is 1.44. The fraction of sp³-hybridized carbons (Fsp3) is 0.308. The van der Waals surface area contributed by atoms with Gasteiger partial charge in [-0.25, -0.2) is 9.59 Å². The highest BCUT2D eigenvalue weighted by Gasteiger charge is 2.17. The summed E-state index contributed by atoms with van der Waals surface area (Å²) in [7, 11) is 1.53. The van der Waals surface area contributed by atoms with E-state index in [4.69, 9.17) is 10.4 Å². The molecule has 0 radical (unpaired) electrons. The van der Waals surface area contributed by atoms with Gasteiger partial charge in [-0.2, -0.15) is 5.26 Å². The molecule has 1 aromatic carbocycles. The number of phenolic OH excluding ortho intramolecular Hbond substituents is 1. The van der Waals surface area contributed by atoms with Gasteiger partial charge in [0, 0.05) is 13.1 Å². The van der Waals surface area contributed by atoms with E-state index in [1.54, 1.807) is 6.92 Å². The van der Waals surface area contributed by atoms with Gasteiger partial charge in [-0.3, -0.25) is 0 Å². The second-order valence-electron chi connectivity index (χ2n) is 4.29. The van der Waals surface area contributed by atoms with Crippen molar-refractivity contribution in [1.29, 1.82) is 5.26 Å². The zero-order chi connectivity index (χ0) is 15.3. The molecule has 7 nitrogen and oxygen atoms in total. The minimum Gasteiger partial charge on any atom is -0.506 e. The molecule has 106 valence electrons. The number of phenols is 1. The van der Waals surface area contributed by atoms with Crippen LogP contribution < -0.4 is 5.32 Å². The highest BCUT2D eigenvalue weighted by Crippen LogP contribution is 2.24. The Morgan fingerprint density at radius 1 is 1.50 bits per heavy atom. The molecule has 0 aliphatic carbocycles. The third-order valence-corrected chi connectivity index (χ3v) is 2.85. The first kappa shape index (κ1) is 15.3. The number of aromatic hydroxyl groups is 1. The molecule has 1 aromatic rings. The number of nitrogens with one attached hydrogen (secondary N) is 1. The fourth-order valence-corrected chi connectivity index (χ4v) is 1.44. The summed E-state index contributed by atoms with van der Waals surface area (Å²) in [6.45, 7) is 1.72. The van der Waals surface area contributed by atoms with E-state index in [1.165, 1.54) is 24.1 Å². The van der Waals surface area contributed by atoms with E-state index in [9.17, 15) is 14.7 Å². The molecule has 0 bridgehead atoms. The molecule has 20 heavy (non-hydrogen) atoms. The molecule has 0 heterocycles. The lowest BCUT2D eigenvalue weighted by Crippen LogP contribution is -2.38. The number of rotatable bonds is 4. The summed E-state index contributed by atoms with van der Waals surface area (Å²) >= 11 is 0. The zero-order valence-corrected chi connectivity index (χ0v) is 11.1. The van der Waals surface area contributed by atoms with Gasteiger partial charge in [-0.1, -0.05) is 0 Å². The molecule has 2 amide bonds. The molecular weight excluding hydrogens is 262 g/mol. The minimum atomic E-state index is -1.17. The number of amides is 2. The van der Waals surface area contributed by atoms with Crippen LogP contribution in [0.3, 0.4) is 0 Å². The van der Waals surface area contributed by atoms with Crippen LogP contribution in [0.5, 0.6) is 5.75 Å². The van der Waals surface area contributed by atoms with Crippen LogP contribution in [0.25, 0.3) is 0 Å².